The van der Waals surface area contributed by atoms with Gasteiger partial charge in [-0.15, -0.1) is 6.58 Å². The fourth-order valence-electron chi connectivity index (χ4n) is 2.05. The third-order valence-electron chi connectivity index (χ3n) is 3.00. The first-order chi connectivity index (χ1) is 6.00. The van der Waals surface area contributed by atoms with Gasteiger partial charge >= 0.3 is 5.97 Å². The molecule has 1 saturated heterocycles. The number of hydrogen-bond acceptors (Lipinski definition) is 2. The van der Waals surface area contributed by atoms with Crippen molar-refractivity contribution in [1.82, 2.24) is 4.90 Å². The Morgan fingerprint density at radius 2 is 2.38 bits per heavy atom. The molecule has 1 aliphatic heterocycles. The minimum atomic E-state index is -0.684. The first kappa shape index (κ1) is 10.3. The predicted octanol–water partition coefficient (Wildman–Crippen LogP) is 1.36. The van der Waals surface area contributed by atoms with Gasteiger partial charge in [0.25, 0.3) is 0 Å². The van der Waals surface area contributed by atoms with Crippen molar-refractivity contribution in [2.45, 2.75) is 25.8 Å². The lowest BCUT2D eigenvalue weighted by Crippen LogP contribution is -2.44. The number of carboxylic acid groups (broad SMARTS) is 1. The number of carbonyl (C=O) groups is 1. The Labute approximate surface area is 79.0 Å². The summed E-state index contributed by atoms with van der Waals surface area (Å²) >= 11 is 0. The van der Waals surface area contributed by atoms with Gasteiger partial charge in [-0.2, -0.15) is 0 Å². The lowest BCUT2D eigenvalue weighted by molar-refractivity contribution is -0.144. The van der Waals surface area contributed by atoms with Crippen LogP contribution in [0, 0.1) is 5.92 Å². The van der Waals surface area contributed by atoms with Crippen LogP contribution in [0.1, 0.15) is 20.3 Å². The van der Waals surface area contributed by atoms with Crippen molar-refractivity contribution in [3.8, 4) is 0 Å². The summed E-state index contributed by atoms with van der Waals surface area (Å²) in [6.45, 7) is 9.28. The van der Waals surface area contributed by atoms with Gasteiger partial charge in [0.15, 0.2) is 0 Å². The van der Waals surface area contributed by atoms with Crippen LogP contribution in [0.5, 0.6) is 0 Å². The summed E-state index contributed by atoms with van der Waals surface area (Å²) in [5.41, 5.74) is -0.236. The van der Waals surface area contributed by atoms with Crippen molar-refractivity contribution in [3.05, 3.63) is 12.7 Å². The molecule has 1 heterocycles. The van der Waals surface area contributed by atoms with Crippen LogP contribution in [-0.2, 0) is 4.79 Å². The van der Waals surface area contributed by atoms with E-state index in [0.29, 0.717) is 0 Å². The van der Waals surface area contributed by atoms with Crippen molar-refractivity contribution in [3.63, 3.8) is 0 Å². The Balaban J connectivity index is 2.75. The molecule has 74 valence electrons. The highest BCUT2D eigenvalue weighted by atomic mass is 16.4. The predicted molar refractivity (Wildman–Crippen MR) is 51.6 cm³/mol. The monoisotopic (exact) mass is 183 g/mol. The molecule has 1 N–H and O–H groups in total. The Hall–Kier alpha value is -0.830. The molecule has 3 heteroatoms. The van der Waals surface area contributed by atoms with Gasteiger partial charge in [0.1, 0.15) is 0 Å². The highest BCUT2D eigenvalue weighted by Crippen LogP contribution is 2.34. The Morgan fingerprint density at radius 1 is 1.77 bits per heavy atom. The molecule has 1 fully saturated rings. The van der Waals surface area contributed by atoms with E-state index >= 15 is 0 Å². The van der Waals surface area contributed by atoms with Gasteiger partial charge in [-0.05, 0) is 26.8 Å². The van der Waals surface area contributed by atoms with Crippen molar-refractivity contribution in [2.75, 3.05) is 13.1 Å². The third kappa shape index (κ3) is 1.75. The Morgan fingerprint density at radius 3 is 2.77 bits per heavy atom. The number of hydrogen-bond donors (Lipinski definition) is 1. The van der Waals surface area contributed by atoms with Gasteiger partial charge in [-0.3, -0.25) is 9.69 Å². The van der Waals surface area contributed by atoms with Gasteiger partial charge in [0.05, 0.1) is 5.92 Å². The van der Waals surface area contributed by atoms with E-state index in [2.05, 4.69) is 11.5 Å². The highest BCUT2D eigenvalue weighted by molar-refractivity contribution is 5.72. The van der Waals surface area contributed by atoms with Crippen molar-refractivity contribution < 1.29 is 9.90 Å². The number of aliphatic carboxylic acids is 1. The molecule has 0 aliphatic carbocycles. The molecule has 0 aromatic rings. The normalized spacial score (nSPS) is 27.4. The fourth-order valence-corrected chi connectivity index (χ4v) is 2.05. The van der Waals surface area contributed by atoms with Gasteiger partial charge in [0.2, 0.25) is 0 Å². The van der Waals surface area contributed by atoms with Gasteiger partial charge < -0.3 is 5.11 Å². The lowest BCUT2D eigenvalue weighted by Gasteiger charge is -2.33. The summed E-state index contributed by atoms with van der Waals surface area (Å²) in [6, 6.07) is 0. The maximum absolute atomic E-state index is 10.9. The molecule has 13 heavy (non-hydrogen) atoms. The average Bonchev–Trinajstić information content (AvgIpc) is 2.28. The quantitative estimate of drug-likeness (QED) is 0.671. The zero-order valence-electron chi connectivity index (χ0n) is 8.29. The first-order valence-corrected chi connectivity index (χ1v) is 4.59. The molecule has 0 aromatic carbocycles. The summed E-state index contributed by atoms with van der Waals surface area (Å²) < 4.78 is 0. The summed E-state index contributed by atoms with van der Waals surface area (Å²) in [5.74, 6) is -0.927. The molecule has 1 atom stereocenters. The van der Waals surface area contributed by atoms with E-state index in [1.165, 1.54) is 0 Å². The fraction of sp³-hybridized carbons (Fsp3) is 0.700. The van der Waals surface area contributed by atoms with Crippen molar-refractivity contribution >= 4 is 5.97 Å². The van der Waals surface area contributed by atoms with Crippen LogP contribution in [0.15, 0.2) is 12.7 Å². The van der Waals surface area contributed by atoms with Crippen LogP contribution in [0.25, 0.3) is 0 Å². The molecule has 0 bridgehead atoms. The zero-order chi connectivity index (χ0) is 10.1. The summed E-state index contributed by atoms with van der Waals surface area (Å²) in [4.78, 5) is 13.1. The molecule has 1 rings (SSSR count). The second-order valence-corrected chi connectivity index (χ2v) is 4.07. The Bertz CT molecular complexity index is 223. The number of likely N-dealkylation sites (tertiary alicyclic amines) is 1. The molecule has 3 nitrogen and oxygen atoms in total. The molecule has 0 saturated carbocycles. The van der Waals surface area contributed by atoms with E-state index in [4.69, 9.17) is 5.11 Å². The molecule has 1 unspecified atom stereocenters. The minimum Gasteiger partial charge on any atom is -0.481 e. The topological polar surface area (TPSA) is 40.5 Å². The van der Waals surface area contributed by atoms with Gasteiger partial charge in [0, 0.05) is 12.1 Å². The maximum atomic E-state index is 10.9. The molecule has 0 amide bonds. The van der Waals surface area contributed by atoms with E-state index < -0.39 is 5.97 Å². The second kappa shape index (κ2) is 3.50. The highest BCUT2D eigenvalue weighted by Gasteiger charge is 2.44. The SMILES string of the molecule is C=CCN1CCC(C(=O)O)C1(C)C. The first-order valence-electron chi connectivity index (χ1n) is 4.59. The average molecular weight is 183 g/mol. The van der Waals surface area contributed by atoms with Gasteiger partial charge in [-0.25, -0.2) is 0 Å². The van der Waals surface area contributed by atoms with Crippen molar-refractivity contribution in [2.24, 2.45) is 5.92 Å². The molecule has 0 aromatic heterocycles. The van der Waals surface area contributed by atoms with Crippen LogP contribution >= 0.6 is 0 Å². The van der Waals surface area contributed by atoms with E-state index in [1.807, 2.05) is 19.9 Å². The van der Waals surface area contributed by atoms with E-state index in [0.717, 1.165) is 19.5 Å². The molecular formula is C10H17NO2. The van der Waals surface area contributed by atoms with E-state index in [1.54, 1.807) is 0 Å². The maximum Gasteiger partial charge on any atom is 0.308 e. The Kier molecular flexibility index (Phi) is 2.76. The number of carboxylic acids is 1. The standard InChI is InChI=1S/C10H17NO2/c1-4-6-11-7-5-8(9(12)13)10(11,2)3/h4,8H,1,5-7H2,2-3H3,(H,12,13). The number of nitrogens with zero attached hydrogens (tertiary/aromatic N) is 1. The summed E-state index contributed by atoms with van der Waals surface area (Å²) in [7, 11) is 0. The van der Waals surface area contributed by atoms with Crippen LogP contribution in [0.3, 0.4) is 0 Å². The summed E-state index contributed by atoms with van der Waals surface area (Å²) in [5, 5.41) is 8.98. The largest absolute Gasteiger partial charge is 0.481 e. The smallest absolute Gasteiger partial charge is 0.308 e. The molecule has 0 radical (unpaired) electrons. The summed E-state index contributed by atoms with van der Waals surface area (Å²) in [6.07, 6.45) is 2.57. The van der Waals surface area contributed by atoms with Crippen LogP contribution in [-0.4, -0.2) is 34.6 Å². The second-order valence-electron chi connectivity index (χ2n) is 4.07. The molecule has 0 spiro atoms. The molecular weight excluding hydrogens is 166 g/mol. The minimum absolute atomic E-state index is 0.236. The van der Waals surface area contributed by atoms with E-state index in [9.17, 15) is 4.79 Å². The number of rotatable bonds is 3. The van der Waals surface area contributed by atoms with Crippen LogP contribution < -0.4 is 0 Å². The lowest BCUT2D eigenvalue weighted by atomic mass is 9.88. The van der Waals surface area contributed by atoms with Gasteiger partial charge in [-0.1, -0.05) is 6.08 Å². The van der Waals surface area contributed by atoms with Crippen molar-refractivity contribution in [1.29, 1.82) is 0 Å². The van der Waals surface area contributed by atoms with E-state index in [-0.39, 0.29) is 11.5 Å². The van der Waals surface area contributed by atoms with Crippen LogP contribution in [0.2, 0.25) is 0 Å². The zero-order valence-corrected chi connectivity index (χ0v) is 8.29. The van der Waals surface area contributed by atoms with Crippen LogP contribution in [0.4, 0.5) is 0 Å². The third-order valence-corrected chi connectivity index (χ3v) is 3.00. The molecule has 1 aliphatic rings.